The van der Waals surface area contributed by atoms with E-state index in [0.717, 1.165) is 42.5 Å². The van der Waals surface area contributed by atoms with Crippen LogP contribution in [-0.2, 0) is 10.8 Å². The van der Waals surface area contributed by atoms with Gasteiger partial charge in [-0.2, -0.15) is 52.7 Å². The van der Waals surface area contributed by atoms with Crippen molar-refractivity contribution < 1.29 is 52.7 Å². The van der Waals surface area contributed by atoms with E-state index in [2.05, 4.69) is 6.58 Å². The molecule has 0 amide bonds. The number of alkyl halides is 12. The number of rotatable bonds is 7. The summed E-state index contributed by atoms with van der Waals surface area (Å²) in [4.78, 5) is 0. The molecule has 3 aromatic carbocycles. The van der Waals surface area contributed by atoms with Crippen LogP contribution < -0.4 is 0 Å². The number of hydrogen-bond acceptors (Lipinski definition) is 0. The van der Waals surface area contributed by atoms with E-state index < -0.39 is 58.6 Å². The zero-order valence-electron chi connectivity index (χ0n) is 25.7. The molecule has 3 aromatic rings. The van der Waals surface area contributed by atoms with Gasteiger partial charge in [0, 0.05) is 0 Å². The average Bonchev–Trinajstić information content (AvgIpc) is 2.91. The van der Waals surface area contributed by atoms with Crippen LogP contribution in [0.25, 0.3) is 0 Å². The summed E-state index contributed by atoms with van der Waals surface area (Å²) in [5.41, 5.74) is -8.49. The van der Waals surface area contributed by atoms with Crippen molar-refractivity contribution in [1.82, 2.24) is 0 Å². The van der Waals surface area contributed by atoms with Gasteiger partial charge in [-0.3, -0.25) is 0 Å². The summed E-state index contributed by atoms with van der Waals surface area (Å²) in [5.74, 6) is 0. The van der Waals surface area contributed by atoms with E-state index in [-0.39, 0.29) is 0 Å². The Labute approximate surface area is 265 Å². The van der Waals surface area contributed by atoms with Crippen LogP contribution in [0.5, 0.6) is 0 Å². The third-order valence-corrected chi connectivity index (χ3v) is 7.48. The second-order valence-electron chi connectivity index (χ2n) is 11.0. The molecule has 0 aliphatic carbocycles. The van der Waals surface area contributed by atoms with Crippen LogP contribution in [0.3, 0.4) is 0 Å². The van der Waals surface area contributed by atoms with Gasteiger partial charge in [-0.05, 0) is 50.8 Å². The number of halogens is 12. The Kier molecular flexibility index (Phi) is 12.0. The number of allylic oxidation sites excluding steroid dienone is 5. The molecule has 0 aliphatic rings. The Morgan fingerprint density at radius 3 is 1.34 bits per heavy atom. The monoisotopic (exact) mass is 680 g/mol. The van der Waals surface area contributed by atoms with E-state index in [0.29, 0.717) is 22.3 Å². The first-order valence-electron chi connectivity index (χ1n) is 13.9. The molecule has 3 rings (SSSR count). The second-order valence-corrected chi connectivity index (χ2v) is 11.0. The van der Waals surface area contributed by atoms with Gasteiger partial charge in [0.1, 0.15) is 0 Å². The lowest BCUT2D eigenvalue weighted by atomic mass is 9.72. The van der Waals surface area contributed by atoms with E-state index in [1.165, 1.54) is 61.5 Å². The molecule has 0 saturated carbocycles. The smallest absolute Gasteiger partial charge is 0.170 e. The predicted molar refractivity (Wildman–Crippen MR) is 158 cm³/mol. The third-order valence-electron chi connectivity index (χ3n) is 7.48. The highest BCUT2D eigenvalue weighted by molar-refractivity contribution is 5.45. The summed E-state index contributed by atoms with van der Waals surface area (Å²) in [6.45, 7) is 9.63. The summed E-state index contributed by atoms with van der Waals surface area (Å²) >= 11 is 0. The molecule has 0 nitrogen and oxygen atoms in total. The maximum Gasteiger partial charge on any atom is 0.411 e. The van der Waals surface area contributed by atoms with Gasteiger partial charge in [0.2, 0.25) is 5.41 Å². The fourth-order valence-corrected chi connectivity index (χ4v) is 5.00. The summed E-state index contributed by atoms with van der Waals surface area (Å²) in [7, 11) is 0. The van der Waals surface area contributed by atoms with Gasteiger partial charge in [-0.1, -0.05) is 126 Å². The van der Waals surface area contributed by atoms with Crippen LogP contribution in [-0.4, -0.2) is 24.7 Å². The van der Waals surface area contributed by atoms with Crippen LogP contribution in [0.4, 0.5) is 52.7 Å². The summed E-state index contributed by atoms with van der Waals surface area (Å²) in [6.07, 6.45) is -18.2. The highest BCUT2D eigenvalue weighted by atomic mass is 19.4. The molecule has 12 heteroatoms. The lowest BCUT2D eigenvalue weighted by Gasteiger charge is -2.38. The summed E-state index contributed by atoms with van der Waals surface area (Å²) in [6, 6.07) is 13.0. The van der Waals surface area contributed by atoms with Crippen molar-refractivity contribution in [2.45, 2.75) is 69.7 Å². The zero-order chi connectivity index (χ0) is 36.1. The van der Waals surface area contributed by atoms with Crippen LogP contribution in [0.2, 0.25) is 0 Å². The van der Waals surface area contributed by atoms with Gasteiger partial charge in [0.15, 0.2) is 5.41 Å². The SMILES string of the molecule is C=C/C=C(C)\C=C/CC(c1cccc(C)c1)(C(F)(F)F)C(F)(F)F.Cc1ccc(C(c2ccc(C)cc2)(C(F)(F)F)C(F)(F)F)cc1. The van der Waals surface area contributed by atoms with Crippen LogP contribution in [0.1, 0.15) is 46.7 Å². The van der Waals surface area contributed by atoms with Crippen LogP contribution in [0.15, 0.2) is 109 Å². The van der Waals surface area contributed by atoms with Gasteiger partial charge < -0.3 is 0 Å². The first kappa shape index (κ1) is 39.2. The molecular formula is C35H32F12. The van der Waals surface area contributed by atoms with Gasteiger partial charge in [0.05, 0.1) is 0 Å². The Morgan fingerprint density at radius 1 is 0.574 bits per heavy atom. The normalized spacial score (nSPS) is 13.7. The van der Waals surface area contributed by atoms with Crippen molar-refractivity contribution in [3.8, 4) is 0 Å². The van der Waals surface area contributed by atoms with Gasteiger partial charge >= 0.3 is 24.7 Å². The molecule has 0 aliphatic heterocycles. The highest BCUT2D eigenvalue weighted by Crippen LogP contribution is 2.56. The predicted octanol–water partition coefficient (Wildman–Crippen LogP) is 12.2. The molecule has 0 N–H and O–H groups in total. The number of hydrogen-bond donors (Lipinski definition) is 0. The molecule has 0 heterocycles. The molecule has 0 radical (unpaired) electrons. The van der Waals surface area contributed by atoms with E-state index >= 15 is 0 Å². The average molecular weight is 681 g/mol. The first-order valence-corrected chi connectivity index (χ1v) is 13.9. The highest BCUT2D eigenvalue weighted by Gasteiger charge is 2.73. The van der Waals surface area contributed by atoms with E-state index in [9.17, 15) is 52.7 Å². The first-order chi connectivity index (χ1) is 21.5. The number of aryl methyl sites for hydroxylation is 3. The van der Waals surface area contributed by atoms with E-state index in [4.69, 9.17) is 0 Å². The van der Waals surface area contributed by atoms with Crippen molar-refractivity contribution >= 4 is 0 Å². The standard InChI is InChI=1S/C18H18F6.C17H14F6/c1-4-7-13(2)9-6-11-16(17(19,20)21,18(22,23)24)15-10-5-8-14(3)12-15;1-11-3-7-13(8-4-11)15(16(18,19)20,17(21,22)23)14-9-5-12(2)6-10-14/h4-10,12H,1,11H2,2-3H3;3-10H,1-2H3/b9-6-,13-7-;. The molecule has 0 spiro atoms. The summed E-state index contributed by atoms with van der Waals surface area (Å²) in [5, 5.41) is 0. The van der Waals surface area contributed by atoms with Crippen LogP contribution >= 0.6 is 0 Å². The molecule has 0 unspecified atom stereocenters. The molecule has 0 atom stereocenters. The summed E-state index contributed by atoms with van der Waals surface area (Å²) < 4.78 is 164. The van der Waals surface area contributed by atoms with Crippen molar-refractivity contribution in [3.63, 3.8) is 0 Å². The van der Waals surface area contributed by atoms with Gasteiger partial charge in [0.25, 0.3) is 0 Å². The van der Waals surface area contributed by atoms with Crippen molar-refractivity contribution in [2.75, 3.05) is 0 Å². The van der Waals surface area contributed by atoms with E-state index in [1.54, 1.807) is 20.8 Å². The minimum atomic E-state index is -5.53. The van der Waals surface area contributed by atoms with Gasteiger partial charge in [-0.25, -0.2) is 0 Å². The largest absolute Gasteiger partial charge is 0.411 e. The Morgan fingerprint density at radius 2 is 1.00 bits per heavy atom. The molecule has 0 saturated heterocycles. The molecule has 0 fully saturated rings. The molecule has 0 bridgehead atoms. The van der Waals surface area contributed by atoms with Crippen molar-refractivity contribution in [1.29, 1.82) is 0 Å². The molecular weight excluding hydrogens is 648 g/mol. The lowest BCUT2D eigenvalue weighted by molar-refractivity contribution is -0.302. The zero-order valence-corrected chi connectivity index (χ0v) is 25.7. The third kappa shape index (κ3) is 8.31. The van der Waals surface area contributed by atoms with E-state index in [1.807, 2.05) is 0 Å². The fourth-order valence-electron chi connectivity index (χ4n) is 5.00. The topological polar surface area (TPSA) is 0 Å². The lowest BCUT2D eigenvalue weighted by Crippen LogP contribution is -2.54. The van der Waals surface area contributed by atoms with Gasteiger partial charge in [-0.15, -0.1) is 0 Å². The Balaban J connectivity index is 0.000000327. The fraction of sp³-hybridized carbons (Fsp3) is 0.314. The maximum atomic E-state index is 13.7. The molecule has 0 aromatic heterocycles. The Hall–Kier alpha value is -3.96. The quantitative estimate of drug-likeness (QED) is 0.172. The minimum Gasteiger partial charge on any atom is -0.170 e. The van der Waals surface area contributed by atoms with Crippen molar-refractivity contribution in [3.05, 3.63) is 143 Å². The Bertz CT molecular complexity index is 1450. The second kappa shape index (κ2) is 14.4. The molecule has 256 valence electrons. The van der Waals surface area contributed by atoms with Crippen molar-refractivity contribution in [2.24, 2.45) is 0 Å². The van der Waals surface area contributed by atoms with Crippen LogP contribution in [0, 0.1) is 20.8 Å². The maximum absolute atomic E-state index is 13.7. The molecule has 47 heavy (non-hydrogen) atoms. The number of benzene rings is 3. The minimum absolute atomic E-state index is 0.331.